The molecule has 7 heteroatoms. The Labute approximate surface area is 190 Å². The van der Waals surface area contributed by atoms with E-state index in [1.165, 1.54) is 25.0 Å². The van der Waals surface area contributed by atoms with Crippen molar-refractivity contribution < 1.29 is 18.7 Å². The molecule has 31 heavy (non-hydrogen) atoms. The number of amides is 1. The minimum absolute atomic E-state index is 0. The van der Waals surface area contributed by atoms with Crippen LogP contribution in [0.15, 0.2) is 42.5 Å². The predicted octanol–water partition coefficient (Wildman–Crippen LogP) is 4.23. The van der Waals surface area contributed by atoms with Crippen molar-refractivity contribution in [2.24, 2.45) is 5.92 Å². The third-order valence-electron chi connectivity index (χ3n) is 5.18. The van der Waals surface area contributed by atoms with Gasteiger partial charge in [-0.3, -0.25) is 9.69 Å². The third-order valence-corrected chi connectivity index (χ3v) is 5.18. The smallest absolute Gasteiger partial charge is 0.234 e. The first-order valence-corrected chi connectivity index (χ1v) is 10.6. The normalized spacial score (nSPS) is 12.9. The number of ether oxygens (including phenoxy) is 2. The Morgan fingerprint density at radius 3 is 2.65 bits per heavy atom. The summed E-state index contributed by atoms with van der Waals surface area (Å²) >= 11 is 0. The van der Waals surface area contributed by atoms with Gasteiger partial charge in [0.2, 0.25) is 5.91 Å². The highest BCUT2D eigenvalue weighted by atomic mass is 35.5. The number of carbonyl (C=O) groups excluding carboxylic acids is 1. The second-order valence-corrected chi connectivity index (χ2v) is 7.79. The van der Waals surface area contributed by atoms with Crippen LogP contribution in [0.5, 0.6) is 11.5 Å². The van der Waals surface area contributed by atoms with Crippen LogP contribution >= 0.6 is 12.4 Å². The molecule has 3 rings (SSSR count). The van der Waals surface area contributed by atoms with Crippen molar-refractivity contribution >= 4 is 18.3 Å². The van der Waals surface area contributed by atoms with Gasteiger partial charge in [0.25, 0.3) is 0 Å². The molecule has 0 bridgehead atoms. The van der Waals surface area contributed by atoms with Gasteiger partial charge < -0.3 is 14.8 Å². The highest BCUT2D eigenvalue weighted by Crippen LogP contribution is 2.31. The number of methoxy groups -OCH3 is 1. The lowest BCUT2D eigenvalue weighted by Crippen LogP contribution is -2.39. The zero-order chi connectivity index (χ0) is 21.3. The molecular weight excluding hydrogens is 419 g/mol. The predicted molar refractivity (Wildman–Crippen MR) is 123 cm³/mol. The van der Waals surface area contributed by atoms with E-state index in [2.05, 4.69) is 10.2 Å². The molecule has 0 saturated heterocycles. The van der Waals surface area contributed by atoms with Crippen LogP contribution in [0.4, 0.5) is 4.39 Å². The van der Waals surface area contributed by atoms with Crippen molar-refractivity contribution in [2.45, 2.75) is 32.8 Å². The Hall–Kier alpha value is -2.31. The molecule has 5 nitrogen and oxygen atoms in total. The number of nitrogens with zero attached hydrogens (tertiary/aromatic N) is 1. The van der Waals surface area contributed by atoms with Gasteiger partial charge in [-0.1, -0.05) is 18.2 Å². The maximum Gasteiger partial charge on any atom is 0.234 e. The Kier molecular flexibility index (Phi) is 10.1. The van der Waals surface area contributed by atoms with Crippen molar-refractivity contribution in [2.75, 3.05) is 33.3 Å². The highest BCUT2D eigenvalue weighted by Gasteiger charge is 2.25. The molecule has 1 fully saturated rings. The van der Waals surface area contributed by atoms with Gasteiger partial charge in [-0.05, 0) is 67.5 Å². The van der Waals surface area contributed by atoms with Crippen LogP contribution in [0.2, 0.25) is 0 Å². The Balaban J connectivity index is 0.00000341. The zero-order valence-corrected chi connectivity index (χ0v) is 19.1. The summed E-state index contributed by atoms with van der Waals surface area (Å²) in [5.41, 5.74) is 1.89. The number of halogens is 2. The van der Waals surface area contributed by atoms with Gasteiger partial charge in [0.15, 0.2) is 11.5 Å². The van der Waals surface area contributed by atoms with E-state index in [4.69, 9.17) is 9.47 Å². The molecule has 1 aliphatic carbocycles. The molecule has 1 N–H and O–H groups in total. The molecule has 0 unspecified atom stereocenters. The number of benzene rings is 2. The fourth-order valence-corrected chi connectivity index (χ4v) is 3.42. The summed E-state index contributed by atoms with van der Waals surface area (Å²) in [6.45, 7) is 5.10. The van der Waals surface area contributed by atoms with E-state index in [9.17, 15) is 9.18 Å². The molecule has 2 aromatic rings. The molecule has 1 amide bonds. The maximum atomic E-state index is 13.3. The number of hydrogen-bond donors (Lipinski definition) is 1. The van der Waals surface area contributed by atoms with Crippen molar-refractivity contribution in [3.8, 4) is 11.5 Å². The van der Waals surface area contributed by atoms with Gasteiger partial charge in [0.1, 0.15) is 12.4 Å². The van der Waals surface area contributed by atoms with Gasteiger partial charge in [0.05, 0.1) is 13.7 Å². The van der Waals surface area contributed by atoms with Gasteiger partial charge in [-0.15, -0.1) is 12.4 Å². The molecule has 0 spiro atoms. The lowest BCUT2D eigenvalue weighted by atomic mass is 10.1. The topological polar surface area (TPSA) is 50.8 Å². The Morgan fingerprint density at radius 2 is 1.97 bits per heavy atom. The van der Waals surface area contributed by atoms with Crippen molar-refractivity contribution in [1.29, 1.82) is 0 Å². The third kappa shape index (κ3) is 8.38. The first-order valence-electron chi connectivity index (χ1n) is 10.6. The van der Waals surface area contributed by atoms with Crippen LogP contribution in [0.3, 0.4) is 0 Å². The second kappa shape index (κ2) is 12.5. The summed E-state index contributed by atoms with van der Waals surface area (Å²) < 4.78 is 24.7. The molecule has 1 aliphatic rings. The molecule has 0 radical (unpaired) electrons. The number of likely N-dealkylation sites (N-methyl/N-ethyl adjacent to an activating group) is 1. The molecule has 0 heterocycles. The molecule has 1 saturated carbocycles. The van der Waals surface area contributed by atoms with Crippen molar-refractivity contribution in [3.05, 3.63) is 59.4 Å². The van der Waals surface area contributed by atoms with Gasteiger partial charge >= 0.3 is 0 Å². The Morgan fingerprint density at radius 1 is 1.16 bits per heavy atom. The van der Waals surface area contributed by atoms with E-state index >= 15 is 0 Å². The van der Waals surface area contributed by atoms with E-state index in [0.717, 1.165) is 36.6 Å². The molecule has 0 atom stereocenters. The molecule has 0 aromatic heterocycles. The first kappa shape index (κ1) is 25.0. The van der Waals surface area contributed by atoms with Crippen LogP contribution in [0, 0.1) is 11.7 Å². The fraction of sp³-hybridized carbons (Fsp3) is 0.458. The number of carbonyl (C=O) groups is 1. The van der Waals surface area contributed by atoms with E-state index in [0.29, 0.717) is 24.6 Å². The monoisotopic (exact) mass is 450 g/mol. The van der Waals surface area contributed by atoms with Gasteiger partial charge in [-0.25, -0.2) is 4.39 Å². The largest absolute Gasteiger partial charge is 0.493 e. The van der Waals surface area contributed by atoms with E-state index in [1.54, 1.807) is 13.2 Å². The quantitative estimate of drug-likeness (QED) is 0.526. The summed E-state index contributed by atoms with van der Waals surface area (Å²) in [5, 5.41) is 2.88. The van der Waals surface area contributed by atoms with Crippen LogP contribution in [-0.4, -0.2) is 44.1 Å². The average Bonchev–Trinajstić information content (AvgIpc) is 3.55. The van der Waals surface area contributed by atoms with Crippen LogP contribution in [-0.2, 0) is 17.8 Å². The summed E-state index contributed by atoms with van der Waals surface area (Å²) in [6.07, 6.45) is 3.35. The minimum atomic E-state index is -0.276. The lowest BCUT2D eigenvalue weighted by molar-refractivity contribution is -0.122. The summed E-state index contributed by atoms with van der Waals surface area (Å²) in [7, 11) is 1.61. The van der Waals surface area contributed by atoms with Crippen LogP contribution < -0.4 is 14.8 Å². The van der Waals surface area contributed by atoms with Crippen molar-refractivity contribution in [1.82, 2.24) is 10.2 Å². The summed E-state index contributed by atoms with van der Waals surface area (Å²) in [5.74, 6) is 1.82. The average molecular weight is 451 g/mol. The van der Waals surface area contributed by atoms with Gasteiger partial charge in [0, 0.05) is 19.6 Å². The first-order chi connectivity index (χ1) is 14.6. The van der Waals surface area contributed by atoms with E-state index in [1.807, 2.05) is 31.2 Å². The number of nitrogens with one attached hydrogen (secondary N) is 1. The van der Waals surface area contributed by atoms with Crippen LogP contribution in [0.1, 0.15) is 30.9 Å². The van der Waals surface area contributed by atoms with E-state index < -0.39 is 0 Å². The standard InChI is InChI=1S/C24H31FN2O3.ClH/c1-3-26-24(28)16-27(15-19-7-8-19)12-11-18-9-10-22(23(14-18)29-2)30-17-20-5-4-6-21(25)13-20;/h4-6,9-10,13-14,19H,3,7-8,11-12,15-17H2,1-2H3,(H,26,28);1H. The summed E-state index contributed by atoms with van der Waals surface area (Å²) in [4.78, 5) is 14.2. The highest BCUT2D eigenvalue weighted by molar-refractivity contribution is 5.85. The van der Waals surface area contributed by atoms with Gasteiger partial charge in [-0.2, -0.15) is 0 Å². The molecule has 0 aliphatic heterocycles. The number of hydrogen-bond acceptors (Lipinski definition) is 4. The SMILES string of the molecule is CCNC(=O)CN(CCc1ccc(OCc2cccc(F)c2)c(OC)c1)CC1CC1.Cl. The van der Waals surface area contributed by atoms with Crippen LogP contribution in [0.25, 0.3) is 0 Å². The maximum absolute atomic E-state index is 13.3. The number of rotatable bonds is 12. The summed E-state index contributed by atoms with van der Waals surface area (Å²) in [6, 6.07) is 12.3. The van der Waals surface area contributed by atoms with Crippen molar-refractivity contribution in [3.63, 3.8) is 0 Å². The Bertz CT molecular complexity index is 845. The van der Waals surface area contributed by atoms with E-state index in [-0.39, 0.29) is 30.7 Å². The fourth-order valence-electron chi connectivity index (χ4n) is 3.42. The molecular formula is C24H32ClFN2O3. The zero-order valence-electron chi connectivity index (χ0n) is 18.2. The minimum Gasteiger partial charge on any atom is -0.493 e. The molecule has 170 valence electrons. The molecule has 2 aromatic carbocycles. The second-order valence-electron chi connectivity index (χ2n) is 7.79. The lowest BCUT2D eigenvalue weighted by Gasteiger charge is -2.22.